The van der Waals surface area contributed by atoms with E-state index in [9.17, 15) is 0 Å². The normalized spacial score (nSPS) is 23.5. The Morgan fingerprint density at radius 2 is 2.11 bits per heavy atom. The summed E-state index contributed by atoms with van der Waals surface area (Å²) in [6.45, 7) is 11.6. The molecular formula is C21H33N3O3. The molecule has 0 aromatic heterocycles. The largest absolute Gasteiger partial charge is 0.494 e. The molecule has 6 heteroatoms. The maximum absolute atomic E-state index is 5.97. The Labute approximate surface area is 162 Å². The van der Waals surface area contributed by atoms with Crippen molar-refractivity contribution >= 4 is 5.96 Å². The third-order valence-corrected chi connectivity index (χ3v) is 5.06. The van der Waals surface area contributed by atoms with E-state index in [2.05, 4.69) is 36.2 Å². The highest BCUT2D eigenvalue weighted by Crippen LogP contribution is 2.22. The lowest BCUT2D eigenvalue weighted by atomic mass is 10.1. The molecule has 150 valence electrons. The SMILES string of the molecule is CCNC(=NCc1ccc(OCC)c(C)c1)N1CCOC(C2CCCO2)C1. The van der Waals surface area contributed by atoms with E-state index in [-0.39, 0.29) is 12.2 Å². The fourth-order valence-corrected chi connectivity index (χ4v) is 3.71. The second-order valence-electron chi connectivity index (χ2n) is 7.11. The highest BCUT2D eigenvalue weighted by atomic mass is 16.5. The van der Waals surface area contributed by atoms with Crippen molar-refractivity contribution in [2.24, 2.45) is 4.99 Å². The van der Waals surface area contributed by atoms with Gasteiger partial charge < -0.3 is 24.4 Å². The third kappa shape index (κ3) is 5.36. The smallest absolute Gasteiger partial charge is 0.194 e. The monoisotopic (exact) mass is 375 g/mol. The summed E-state index contributed by atoms with van der Waals surface area (Å²) in [6.07, 6.45) is 2.59. The standard InChI is InChI=1S/C21H33N3O3/c1-4-22-21(23-14-17-8-9-18(25-5-2)16(3)13-17)24-10-12-27-20(15-24)19-7-6-11-26-19/h8-9,13,19-20H,4-7,10-12,14-15H2,1-3H3,(H,22,23). The molecule has 0 bridgehead atoms. The third-order valence-electron chi connectivity index (χ3n) is 5.06. The highest BCUT2D eigenvalue weighted by Gasteiger charge is 2.32. The Morgan fingerprint density at radius 1 is 1.26 bits per heavy atom. The van der Waals surface area contributed by atoms with Gasteiger partial charge in [-0.2, -0.15) is 0 Å². The van der Waals surface area contributed by atoms with Crippen molar-refractivity contribution in [2.45, 2.75) is 52.4 Å². The zero-order valence-corrected chi connectivity index (χ0v) is 16.9. The minimum atomic E-state index is 0.137. The van der Waals surface area contributed by atoms with Gasteiger partial charge in [0.05, 0.1) is 25.9 Å². The van der Waals surface area contributed by atoms with Crippen LogP contribution in [0.3, 0.4) is 0 Å². The fraction of sp³-hybridized carbons (Fsp3) is 0.667. The summed E-state index contributed by atoms with van der Waals surface area (Å²) in [5.74, 6) is 1.90. The number of hydrogen-bond acceptors (Lipinski definition) is 4. The number of nitrogens with zero attached hydrogens (tertiary/aromatic N) is 2. The second-order valence-corrected chi connectivity index (χ2v) is 7.11. The van der Waals surface area contributed by atoms with Gasteiger partial charge in [-0.1, -0.05) is 12.1 Å². The number of benzene rings is 1. The molecule has 2 unspecified atom stereocenters. The first-order valence-corrected chi connectivity index (χ1v) is 10.2. The van der Waals surface area contributed by atoms with Crippen LogP contribution in [-0.4, -0.2) is 62.5 Å². The van der Waals surface area contributed by atoms with Gasteiger partial charge in [0.15, 0.2) is 5.96 Å². The molecule has 2 fully saturated rings. The number of ether oxygens (including phenoxy) is 3. The lowest BCUT2D eigenvalue weighted by molar-refractivity contribution is -0.0817. The van der Waals surface area contributed by atoms with Gasteiger partial charge >= 0.3 is 0 Å². The van der Waals surface area contributed by atoms with Crippen molar-refractivity contribution in [1.82, 2.24) is 10.2 Å². The van der Waals surface area contributed by atoms with Crippen LogP contribution < -0.4 is 10.1 Å². The van der Waals surface area contributed by atoms with Crippen LogP contribution in [0.5, 0.6) is 5.75 Å². The molecule has 2 aliphatic rings. The molecule has 6 nitrogen and oxygen atoms in total. The molecule has 1 aromatic carbocycles. The number of guanidine groups is 1. The van der Waals surface area contributed by atoms with Crippen LogP contribution in [0.2, 0.25) is 0 Å². The van der Waals surface area contributed by atoms with Crippen LogP contribution in [0, 0.1) is 6.92 Å². The summed E-state index contributed by atoms with van der Waals surface area (Å²) in [7, 11) is 0. The van der Waals surface area contributed by atoms with Crippen molar-refractivity contribution in [3.05, 3.63) is 29.3 Å². The first kappa shape index (κ1) is 20.0. The van der Waals surface area contributed by atoms with E-state index in [0.717, 1.165) is 63.0 Å². The van der Waals surface area contributed by atoms with Crippen molar-refractivity contribution < 1.29 is 14.2 Å². The second kappa shape index (κ2) is 9.95. The molecule has 1 N–H and O–H groups in total. The molecule has 0 aliphatic carbocycles. The van der Waals surface area contributed by atoms with Gasteiger partial charge in [-0.05, 0) is 50.8 Å². The summed E-state index contributed by atoms with van der Waals surface area (Å²) in [5.41, 5.74) is 2.34. The van der Waals surface area contributed by atoms with Gasteiger partial charge in [0, 0.05) is 26.2 Å². The highest BCUT2D eigenvalue weighted by molar-refractivity contribution is 5.80. The summed E-state index contributed by atoms with van der Waals surface area (Å²) in [5, 5.41) is 3.43. The molecule has 0 amide bonds. The van der Waals surface area contributed by atoms with E-state index >= 15 is 0 Å². The van der Waals surface area contributed by atoms with E-state index in [4.69, 9.17) is 19.2 Å². The van der Waals surface area contributed by atoms with Crippen LogP contribution in [0.25, 0.3) is 0 Å². The number of hydrogen-bond donors (Lipinski definition) is 1. The van der Waals surface area contributed by atoms with Crippen LogP contribution in [-0.2, 0) is 16.0 Å². The van der Waals surface area contributed by atoms with Crippen LogP contribution in [0.4, 0.5) is 0 Å². The Morgan fingerprint density at radius 3 is 2.81 bits per heavy atom. The quantitative estimate of drug-likeness (QED) is 0.612. The average Bonchev–Trinajstić information content (AvgIpc) is 3.22. The number of rotatable bonds is 6. The lowest BCUT2D eigenvalue weighted by Gasteiger charge is -2.37. The van der Waals surface area contributed by atoms with E-state index in [0.29, 0.717) is 13.2 Å². The van der Waals surface area contributed by atoms with Gasteiger partial charge in [-0.15, -0.1) is 0 Å². The summed E-state index contributed by atoms with van der Waals surface area (Å²) < 4.78 is 17.4. The molecular weight excluding hydrogens is 342 g/mol. The number of morpholine rings is 1. The van der Waals surface area contributed by atoms with Gasteiger partial charge in [0.25, 0.3) is 0 Å². The Bertz CT molecular complexity index is 629. The molecule has 2 saturated heterocycles. The fourth-order valence-electron chi connectivity index (χ4n) is 3.71. The maximum atomic E-state index is 5.97. The van der Waals surface area contributed by atoms with Crippen molar-refractivity contribution in [2.75, 3.05) is 39.5 Å². The molecule has 0 saturated carbocycles. The van der Waals surface area contributed by atoms with Crippen LogP contribution in [0.15, 0.2) is 23.2 Å². The molecule has 27 heavy (non-hydrogen) atoms. The van der Waals surface area contributed by atoms with Crippen LogP contribution >= 0.6 is 0 Å². The Hall–Kier alpha value is -1.79. The predicted molar refractivity (Wildman–Crippen MR) is 107 cm³/mol. The van der Waals surface area contributed by atoms with Crippen LogP contribution in [0.1, 0.15) is 37.8 Å². The van der Waals surface area contributed by atoms with Gasteiger partial charge in [0.1, 0.15) is 11.9 Å². The van der Waals surface area contributed by atoms with Crippen molar-refractivity contribution in [3.8, 4) is 5.75 Å². The molecule has 3 rings (SSSR count). The Kier molecular flexibility index (Phi) is 7.35. The zero-order valence-electron chi connectivity index (χ0n) is 16.9. The van der Waals surface area contributed by atoms with Gasteiger partial charge in [-0.25, -0.2) is 4.99 Å². The van der Waals surface area contributed by atoms with Gasteiger partial charge in [0.2, 0.25) is 0 Å². The first-order valence-electron chi connectivity index (χ1n) is 10.2. The first-order chi connectivity index (χ1) is 13.2. The predicted octanol–water partition coefficient (Wildman–Crippen LogP) is 2.74. The van der Waals surface area contributed by atoms with Crippen molar-refractivity contribution in [3.63, 3.8) is 0 Å². The van der Waals surface area contributed by atoms with Crippen molar-refractivity contribution in [1.29, 1.82) is 0 Å². The molecule has 1 aromatic rings. The average molecular weight is 376 g/mol. The summed E-state index contributed by atoms with van der Waals surface area (Å²) >= 11 is 0. The Balaban J connectivity index is 1.66. The summed E-state index contributed by atoms with van der Waals surface area (Å²) in [6, 6.07) is 6.30. The maximum Gasteiger partial charge on any atom is 0.194 e. The van der Waals surface area contributed by atoms with E-state index in [1.165, 1.54) is 5.56 Å². The molecule has 2 atom stereocenters. The van der Waals surface area contributed by atoms with Gasteiger partial charge in [-0.3, -0.25) is 0 Å². The zero-order chi connectivity index (χ0) is 19.1. The molecule has 0 radical (unpaired) electrons. The van der Waals surface area contributed by atoms with E-state index in [1.807, 2.05) is 13.0 Å². The topological polar surface area (TPSA) is 55.3 Å². The van der Waals surface area contributed by atoms with E-state index < -0.39 is 0 Å². The summed E-state index contributed by atoms with van der Waals surface area (Å²) in [4.78, 5) is 7.19. The number of aryl methyl sites for hydroxylation is 1. The minimum absolute atomic E-state index is 0.137. The minimum Gasteiger partial charge on any atom is -0.494 e. The lowest BCUT2D eigenvalue weighted by Crippen LogP contribution is -2.53. The van der Waals surface area contributed by atoms with E-state index in [1.54, 1.807) is 0 Å². The molecule has 0 spiro atoms. The molecule has 2 heterocycles. The number of aliphatic imine (C=N–C) groups is 1. The number of nitrogens with one attached hydrogen (secondary N) is 1. The molecule has 2 aliphatic heterocycles.